The van der Waals surface area contributed by atoms with Gasteiger partial charge in [0.2, 0.25) is 0 Å². The van der Waals surface area contributed by atoms with Gasteiger partial charge >= 0.3 is 11.9 Å². The van der Waals surface area contributed by atoms with Crippen molar-refractivity contribution in [1.82, 2.24) is 0 Å². The molecule has 0 bridgehead atoms. The number of hydrogen-bond donors (Lipinski definition) is 0. The third-order valence-electron chi connectivity index (χ3n) is 1.90. The molecule has 0 saturated heterocycles. The molecular formula is C18H10O4. The number of terminal acetylenes is 1. The number of carbonyl (C=O) groups excluding carboxylic acids is 2. The second kappa shape index (κ2) is 12.3. The van der Waals surface area contributed by atoms with Crippen molar-refractivity contribution in [1.29, 1.82) is 0 Å². The van der Waals surface area contributed by atoms with E-state index in [1.165, 1.54) is 14.2 Å². The summed E-state index contributed by atoms with van der Waals surface area (Å²) in [5.74, 6) is 24.0. The van der Waals surface area contributed by atoms with E-state index in [0.717, 1.165) is 0 Å². The van der Waals surface area contributed by atoms with Crippen LogP contribution < -0.4 is 0 Å². The minimum Gasteiger partial charge on any atom is -0.469 e. The first kappa shape index (κ1) is 18.3. The van der Waals surface area contributed by atoms with Crippen molar-refractivity contribution in [2.75, 3.05) is 14.2 Å². The third kappa shape index (κ3) is 9.26. The normalized spacial score (nSPS) is 7.86. The van der Waals surface area contributed by atoms with Gasteiger partial charge in [-0.15, -0.1) is 6.42 Å². The second-order valence-corrected chi connectivity index (χ2v) is 3.27. The largest absolute Gasteiger partial charge is 0.469 e. The van der Waals surface area contributed by atoms with E-state index in [1.54, 1.807) is 0 Å². The van der Waals surface area contributed by atoms with Crippen molar-refractivity contribution >= 4 is 11.9 Å². The van der Waals surface area contributed by atoms with Crippen molar-refractivity contribution in [3.63, 3.8) is 0 Å². The van der Waals surface area contributed by atoms with Crippen LogP contribution in [0.4, 0.5) is 0 Å². The zero-order valence-corrected chi connectivity index (χ0v) is 12.0. The maximum absolute atomic E-state index is 11.4. The number of carbonyl (C=O) groups is 2. The predicted molar refractivity (Wildman–Crippen MR) is 79.9 cm³/mol. The first-order valence-corrected chi connectivity index (χ1v) is 5.76. The van der Waals surface area contributed by atoms with Crippen LogP contribution in [-0.2, 0) is 19.1 Å². The topological polar surface area (TPSA) is 52.6 Å². The molecule has 0 heterocycles. The molecule has 0 N–H and O–H groups in total. The highest BCUT2D eigenvalue weighted by molar-refractivity contribution is 5.82. The lowest BCUT2D eigenvalue weighted by Crippen LogP contribution is -2.19. The maximum atomic E-state index is 11.4. The smallest absolute Gasteiger partial charge is 0.321 e. The summed E-state index contributed by atoms with van der Waals surface area (Å²) < 4.78 is 8.99. The van der Waals surface area contributed by atoms with E-state index >= 15 is 0 Å². The van der Waals surface area contributed by atoms with Gasteiger partial charge in [0.05, 0.1) is 20.6 Å². The van der Waals surface area contributed by atoms with Crippen LogP contribution in [0.25, 0.3) is 0 Å². The molecule has 0 aliphatic heterocycles. The fourth-order valence-electron chi connectivity index (χ4n) is 0.964. The SMILES string of the molecule is C#CC#CC#CC#CC#CC#CC(CC(=O)OC)C(=O)OC. The van der Waals surface area contributed by atoms with Gasteiger partial charge in [-0.3, -0.25) is 9.59 Å². The first-order chi connectivity index (χ1) is 10.7. The highest BCUT2D eigenvalue weighted by atomic mass is 16.5. The highest BCUT2D eigenvalue weighted by Crippen LogP contribution is 2.05. The molecule has 0 fully saturated rings. The molecule has 1 atom stereocenters. The van der Waals surface area contributed by atoms with Crippen LogP contribution in [0.5, 0.6) is 0 Å². The lowest BCUT2D eigenvalue weighted by molar-refractivity contribution is -0.149. The summed E-state index contributed by atoms with van der Waals surface area (Å²) in [6, 6.07) is 0. The minimum atomic E-state index is -0.932. The van der Waals surface area contributed by atoms with Crippen molar-refractivity contribution in [3.05, 3.63) is 0 Å². The fourth-order valence-corrected chi connectivity index (χ4v) is 0.964. The molecule has 0 spiro atoms. The van der Waals surface area contributed by atoms with E-state index < -0.39 is 17.9 Å². The molecule has 22 heavy (non-hydrogen) atoms. The average Bonchev–Trinajstić information content (AvgIpc) is 2.54. The van der Waals surface area contributed by atoms with Gasteiger partial charge in [0.25, 0.3) is 0 Å². The molecule has 0 aliphatic rings. The Morgan fingerprint density at radius 3 is 1.82 bits per heavy atom. The average molecular weight is 290 g/mol. The molecule has 1 unspecified atom stereocenters. The number of ether oxygens (including phenoxy) is 2. The number of hydrogen-bond acceptors (Lipinski definition) is 4. The van der Waals surface area contributed by atoms with Crippen LogP contribution in [0.1, 0.15) is 6.42 Å². The van der Waals surface area contributed by atoms with Crippen molar-refractivity contribution < 1.29 is 19.1 Å². The van der Waals surface area contributed by atoms with Gasteiger partial charge in [0.15, 0.2) is 0 Å². The van der Waals surface area contributed by atoms with Gasteiger partial charge in [-0.1, -0.05) is 5.92 Å². The van der Waals surface area contributed by atoms with Gasteiger partial charge in [-0.25, -0.2) is 0 Å². The molecule has 0 aromatic heterocycles. The zero-order valence-electron chi connectivity index (χ0n) is 12.0. The molecule has 0 saturated carbocycles. The Kier molecular flexibility index (Phi) is 10.3. The summed E-state index contributed by atoms with van der Waals surface area (Å²) in [6.07, 6.45) is 4.69. The van der Waals surface area contributed by atoms with Crippen LogP contribution in [0.2, 0.25) is 0 Å². The Morgan fingerprint density at radius 2 is 1.36 bits per heavy atom. The van der Waals surface area contributed by atoms with Crippen LogP contribution in [0, 0.1) is 77.5 Å². The summed E-state index contributed by atoms with van der Waals surface area (Å²) in [5.41, 5.74) is 0. The summed E-state index contributed by atoms with van der Waals surface area (Å²) in [7, 11) is 2.42. The standard InChI is InChI=1S/C18H10O4/c1-4-5-6-7-8-9-10-11-12-13-14-16(18(20)22-3)15-17(19)21-2/h1,16H,15H2,2-3H3. The van der Waals surface area contributed by atoms with E-state index in [2.05, 4.69) is 74.6 Å². The van der Waals surface area contributed by atoms with Gasteiger partial charge in [0.1, 0.15) is 5.92 Å². The van der Waals surface area contributed by atoms with Gasteiger partial charge in [0, 0.05) is 0 Å². The molecule has 0 rings (SSSR count). The lowest BCUT2D eigenvalue weighted by Gasteiger charge is -2.05. The Labute approximate surface area is 129 Å². The van der Waals surface area contributed by atoms with Crippen molar-refractivity contribution in [2.24, 2.45) is 5.92 Å². The molecule has 0 radical (unpaired) electrons. The molecule has 0 aromatic rings. The third-order valence-corrected chi connectivity index (χ3v) is 1.90. The molecule has 106 valence electrons. The monoisotopic (exact) mass is 290 g/mol. The molecule has 0 amide bonds. The number of rotatable bonds is 3. The van der Waals surface area contributed by atoms with E-state index in [4.69, 9.17) is 6.42 Å². The summed E-state index contributed by atoms with van der Waals surface area (Å²) >= 11 is 0. The number of esters is 2. The van der Waals surface area contributed by atoms with E-state index in [-0.39, 0.29) is 6.42 Å². The molecule has 4 nitrogen and oxygen atoms in total. The summed E-state index contributed by atoms with van der Waals surface area (Å²) in [6.45, 7) is 0. The van der Waals surface area contributed by atoms with Crippen LogP contribution >= 0.6 is 0 Å². The molecule has 4 heteroatoms. The zero-order chi connectivity index (χ0) is 16.6. The molecular weight excluding hydrogens is 280 g/mol. The fraction of sp³-hybridized carbons (Fsp3) is 0.222. The van der Waals surface area contributed by atoms with Crippen LogP contribution in [-0.4, -0.2) is 26.2 Å². The quantitative estimate of drug-likeness (QED) is 0.542. The highest BCUT2D eigenvalue weighted by Gasteiger charge is 2.20. The Balaban J connectivity index is 4.76. The van der Waals surface area contributed by atoms with Crippen molar-refractivity contribution in [2.45, 2.75) is 6.42 Å². The van der Waals surface area contributed by atoms with Crippen LogP contribution in [0.3, 0.4) is 0 Å². The van der Waals surface area contributed by atoms with Gasteiger partial charge < -0.3 is 9.47 Å². The second-order valence-electron chi connectivity index (χ2n) is 3.27. The van der Waals surface area contributed by atoms with E-state index in [0.29, 0.717) is 0 Å². The van der Waals surface area contributed by atoms with Crippen LogP contribution in [0.15, 0.2) is 0 Å². The van der Waals surface area contributed by atoms with E-state index in [9.17, 15) is 9.59 Å². The predicted octanol–water partition coefficient (Wildman–Crippen LogP) is -0.0111. The Bertz CT molecular complexity index is 769. The van der Waals surface area contributed by atoms with Crippen molar-refractivity contribution in [3.8, 4) is 71.5 Å². The van der Waals surface area contributed by atoms with E-state index in [1.807, 2.05) is 0 Å². The Hall–Kier alpha value is -3.70. The Morgan fingerprint density at radius 1 is 0.864 bits per heavy atom. The molecule has 0 aliphatic carbocycles. The summed E-state index contributed by atoms with van der Waals surface area (Å²) in [4.78, 5) is 22.5. The first-order valence-electron chi connectivity index (χ1n) is 5.76. The summed E-state index contributed by atoms with van der Waals surface area (Å²) in [5, 5.41) is 0. The maximum Gasteiger partial charge on any atom is 0.321 e. The number of methoxy groups -OCH3 is 2. The van der Waals surface area contributed by atoms with Gasteiger partial charge in [-0.2, -0.15) is 0 Å². The molecule has 0 aromatic carbocycles. The van der Waals surface area contributed by atoms with Gasteiger partial charge in [-0.05, 0) is 59.2 Å². The lowest BCUT2D eigenvalue weighted by atomic mass is 10.1. The minimum absolute atomic E-state index is 0.206.